The summed E-state index contributed by atoms with van der Waals surface area (Å²) < 4.78 is 5.14. The predicted molar refractivity (Wildman–Crippen MR) is 83.3 cm³/mol. The molecule has 1 amide bonds. The lowest BCUT2D eigenvalue weighted by molar-refractivity contribution is 0.102. The molecule has 3 aromatic rings. The van der Waals surface area contributed by atoms with E-state index < -0.39 is 0 Å². The molecule has 0 spiro atoms. The maximum Gasteiger partial charge on any atom is 0.259 e. The zero-order valence-corrected chi connectivity index (χ0v) is 11.7. The summed E-state index contributed by atoms with van der Waals surface area (Å²) in [7, 11) is 0. The number of amides is 1. The molecule has 104 valence electrons. The lowest BCUT2D eigenvalue weighted by Gasteiger charge is -2.06. The van der Waals surface area contributed by atoms with Crippen molar-refractivity contribution >= 4 is 11.6 Å². The minimum Gasteiger partial charge on any atom is -0.469 e. The second-order valence-electron chi connectivity index (χ2n) is 4.79. The molecular weight excluding hydrogens is 262 g/mol. The number of anilines is 1. The topological polar surface area (TPSA) is 42.2 Å². The van der Waals surface area contributed by atoms with Crippen molar-refractivity contribution in [3.63, 3.8) is 0 Å². The van der Waals surface area contributed by atoms with Crippen LogP contribution in [0.25, 0.3) is 11.1 Å². The van der Waals surface area contributed by atoms with E-state index in [9.17, 15) is 4.79 Å². The van der Waals surface area contributed by atoms with Crippen molar-refractivity contribution < 1.29 is 9.21 Å². The van der Waals surface area contributed by atoms with E-state index in [1.165, 1.54) is 6.26 Å². The van der Waals surface area contributed by atoms with E-state index in [1.807, 2.05) is 42.5 Å². The number of nitrogens with one attached hydrogen (secondary N) is 1. The van der Waals surface area contributed by atoms with Gasteiger partial charge in [-0.3, -0.25) is 4.79 Å². The summed E-state index contributed by atoms with van der Waals surface area (Å²) >= 11 is 0. The van der Waals surface area contributed by atoms with E-state index in [0.29, 0.717) is 11.3 Å². The molecule has 21 heavy (non-hydrogen) atoms. The zero-order chi connectivity index (χ0) is 14.7. The van der Waals surface area contributed by atoms with Crippen LogP contribution in [0.5, 0.6) is 0 Å². The molecule has 3 heteroatoms. The molecule has 1 heterocycles. The number of hydrogen-bond acceptors (Lipinski definition) is 2. The highest BCUT2D eigenvalue weighted by molar-refractivity contribution is 6.04. The third kappa shape index (κ3) is 2.87. The molecule has 0 aliphatic heterocycles. The molecule has 0 aliphatic rings. The van der Waals surface area contributed by atoms with Crippen LogP contribution >= 0.6 is 0 Å². The van der Waals surface area contributed by atoms with E-state index in [1.54, 1.807) is 13.0 Å². The molecular formula is C18H15NO2. The van der Waals surface area contributed by atoms with Crippen molar-refractivity contribution in [2.45, 2.75) is 6.92 Å². The van der Waals surface area contributed by atoms with Gasteiger partial charge in [0.2, 0.25) is 0 Å². The number of rotatable bonds is 3. The summed E-state index contributed by atoms with van der Waals surface area (Å²) in [5.74, 6) is 0.460. The Morgan fingerprint density at radius 3 is 2.19 bits per heavy atom. The van der Waals surface area contributed by atoms with E-state index in [0.717, 1.165) is 16.8 Å². The Bertz CT molecular complexity index is 742. The summed E-state index contributed by atoms with van der Waals surface area (Å²) in [5, 5.41) is 2.86. The number of hydrogen-bond donors (Lipinski definition) is 1. The lowest BCUT2D eigenvalue weighted by Crippen LogP contribution is -2.11. The predicted octanol–water partition coefficient (Wildman–Crippen LogP) is 4.51. The van der Waals surface area contributed by atoms with Crippen molar-refractivity contribution in [3.8, 4) is 11.1 Å². The third-order valence-electron chi connectivity index (χ3n) is 3.35. The monoisotopic (exact) mass is 277 g/mol. The minimum atomic E-state index is -0.159. The number of benzene rings is 2. The summed E-state index contributed by atoms with van der Waals surface area (Å²) in [6.07, 6.45) is 1.52. The van der Waals surface area contributed by atoms with Gasteiger partial charge in [-0.15, -0.1) is 0 Å². The minimum absolute atomic E-state index is 0.159. The Balaban J connectivity index is 1.76. The second-order valence-corrected chi connectivity index (χ2v) is 4.79. The molecule has 0 fully saturated rings. The molecule has 0 saturated heterocycles. The van der Waals surface area contributed by atoms with E-state index in [-0.39, 0.29) is 5.91 Å². The molecule has 0 saturated carbocycles. The Labute approximate surface area is 123 Å². The van der Waals surface area contributed by atoms with Crippen LogP contribution in [0.3, 0.4) is 0 Å². The van der Waals surface area contributed by atoms with Crippen molar-refractivity contribution in [1.82, 2.24) is 0 Å². The normalized spacial score (nSPS) is 10.3. The third-order valence-corrected chi connectivity index (χ3v) is 3.35. The molecule has 3 nitrogen and oxygen atoms in total. The van der Waals surface area contributed by atoms with Crippen LogP contribution in [0.2, 0.25) is 0 Å². The smallest absolute Gasteiger partial charge is 0.259 e. The zero-order valence-electron chi connectivity index (χ0n) is 11.7. The first-order valence-corrected chi connectivity index (χ1v) is 6.75. The van der Waals surface area contributed by atoms with Gasteiger partial charge in [0.15, 0.2) is 0 Å². The standard InChI is InChI=1S/C18H15NO2/c1-13-17(11-12-21-13)18(20)19-16-9-7-15(8-10-16)14-5-3-2-4-6-14/h2-12H,1H3,(H,19,20). The molecule has 0 bridgehead atoms. The largest absolute Gasteiger partial charge is 0.469 e. The Kier molecular flexibility index (Phi) is 3.56. The van der Waals surface area contributed by atoms with Crippen LogP contribution in [0, 0.1) is 6.92 Å². The molecule has 0 radical (unpaired) electrons. The van der Waals surface area contributed by atoms with Gasteiger partial charge in [-0.25, -0.2) is 0 Å². The Morgan fingerprint density at radius 2 is 1.57 bits per heavy atom. The summed E-state index contributed by atoms with van der Waals surface area (Å²) in [6, 6.07) is 19.6. The molecule has 0 aliphatic carbocycles. The molecule has 2 aromatic carbocycles. The van der Waals surface area contributed by atoms with Gasteiger partial charge >= 0.3 is 0 Å². The lowest BCUT2D eigenvalue weighted by atomic mass is 10.1. The first-order valence-electron chi connectivity index (χ1n) is 6.75. The average Bonchev–Trinajstić information content (AvgIpc) is 2.95. The maximum absolute atomic E-state index is 12.1. The highest BCUT2D eigenvalue weighted by atomic mass is 16.3. The fourth-order valence-corrected chi connectivity index (χ4v) is 2.20. The SMILES string of the molecule is Cc1occc1C(=O)Nc1ccc(-c2ccccc2)cc1. The maximum atomic E-state index is 12.1. The van der Waals surface area contributed by atoms with E-state index >= 15 is 0 Å². The van der Waals surface area contributed by atoms with Crippen molar-refractivity contribution in [1.29, 1.82) is 0 Å². The number of furan rings is 1. The van der Waals surface area contributed by atoms with Gasteiger partial charge in [0.1, 0.15) is 5.76 Å². The van der Waals surface area contributed by atoms with Crippen LogP contribution in [-0.2, 0) is 0 Å². The highest BCUT2D eigenvalue weighted by Crippen LogP contribution is 2.21. The van der Waals surface area contributed by atoms with Gasteiger partial charge in [-0.05, 0) is 36.2 Å². The molecule has 1 N–H and O–H groups in total. The molecule has 0 atom stereocenters. The van der Waals surface area contributed by atoms with E-state index in [2.05, 4.69) is 17.4 Å². The fraction of sp³-hybridized carbons (Fsp3) is 0.0556. The van der Waals surface area contributed by atoms with Gasteiger partial charge in [0.25, 0.3) is 5.91 Å². The number of carbonyl (C=O) groups excluding carboxylic acids is 1. The number of aryl methyl sites for hydroxylation is 1. The van der Waals surface area contributed by atoms with Crippen LogP contribution in [-0.4, -0.2) is 5.91 Å². The van der Waals surface area contributed by atoms with Crippen LogP contribution < -0.4 is 5.32 Å². The second kappa shape index (κ2) is 5.67. The number of carbonyl (C=O) groups is 1. The Hall–Kier alpha value is -2.81. The Morgan fingerprint density at radius 1 is 0.905 bits per heavy atom. The molecule has 1 aromatic heterocycles. The first kappa shape index (κ1) is 13.2. The highest BCUT2D eigenvalue weighted by Gasteiger charge is 2.11. The van der Waals surface area contributed by atoms with Crippen molar-refractivity contribution in [3.05, 3.63) is 78.3 Å². The van der Waals surface area contributed by atoms with Crippen LogP contribution in [0.1, 0.15) is 16.1 Å². The van der Waals surface area contributed by atoms with Gasteiger partial charge in [-0.1, -0.05) is 42.5 Å². The van der Waals surface area contributed by atoms with Gasteiger partial charge in [-0.2, -0.15) is 0 Å². The van der Waals surface area contributed by atoms with Gasteiger partial charge in [0, 0.05) is 5.69 Å². The van der Waals surface area contributed by atoms with Crippen molar-refractivity contribution in [2.75, 3.05) is 5.32 Å². The quantitative estimate of drug-likeness (QED) is 0.765. The first-order chi connectivity index (χ1) is 10.2. The summed E-state index contributed by atoms with van der Waals surface area (Å²) in [5.41, 5.74) is 3.59. The fourth-order valence-electron chi connectivity index (χ4n) is 2.20. The van der Waals surface area contributed by atoms with Gasteiger partial charge in [0.05, 0.1) is 11.8 Å². The summed E-state index contributed by atoms with van der Waals surface area (Å²) in [6.45, 7) is 1.77. The average molecular weight is 277 g/mol. The van der Waals surface area contributed by atoms with Crippen LogP contribution in [0.4, 0.5) is 5.69 Å². The molecule has 3 rings (SSSR count). The summed E-state index contributed by atoms with van der Waals surface area (Å²) in [4.78, 5) is 12.1. The molecule has 0 unspecified atom stereocenters. The van der Waals surface area contributed by atoms with Crippen molar-refractivity contribution in [2.24, 2.45) is 0 Å². The van der Waals surface area contributed by atoms with Crippen LogP contribution in [0.15, 0.2) is 71.3 Å². The van der Waals surface area contributed by atoms with E-state index in [4.69, 9.17) is 4.42 Å². The van der Waals surface area contributed by atoms with Gasteiger partial charge < -0.3 is 9.73 Å².